The molecule has 24 heavy (non-hydrogen) atoms. The van der Waals surface area contributed by atoms with Crippen LogP contribution in [-0.4, -0.2) is 20.7 Å². The first kappa shape index (κ1) is 15.9. The van der Waals surface area contributed by atoms with Crippen molar-refractivity contribution < 1.29 is 9.18 Å². The number of hydrogen-bond acceptors (Lipinski definition) is 5. The van der Waals surface area contributed by atoms with E-state index in [-0.39, 0.29) is 23.3 Å². The number of amides is 1. The topological polar surface area (TPSA) is 110 Å². The molecule has 1 fully saturated rings. The molecule has 2 aromatic heterocycles. The van der Waals surface area contributed by atoms with Gasteiger partial charge in [0.1, 0.15) is 5.56 Å². The summed E-state index contributed by atoms with van der Waals surface area (Å²) in [7, 11) is 0. The second-order valence-corrected chi connectivity index (χ2v) is 5.82. The number of carbonyl (C=O) groups is 1. The van der Waals surface area contributed by atoms with E-state index < -0.39 is 11.9 Å². The standard InChI is InChI=1S/C16H17FN6O/c17-14-7-11(5-6-20-14)21-16-12(15(19)24)9-23(22-16)13-4-2-1-3-10(13)8-18/h5-7,9-10,13H,1-4H2,(H2,19,24)(H,20,21,22). The van der Waals surface area contributed by atoms with Gasteiger partial charge in [-0.2, -0.15) is 14.8 Å². The van der Waals surface area contributed by atoms with E-state index in [1.165, 1.54) is 12.3 Å². The van der Waals surface area contributed by atoms with Gasteiger partial charge in [-0.05, 0) is 18.9 Å². The Balaban J connectivity index is 1.93. The van der Waals surface area contributed by atoms with E-state index in [1.54, 1.807) is 16.9 Å². The van der Waals surface area contributed by atoms with Gasteiger partial charge in [-0.25, -0.2) is 4.98 Å². The summed E-state index contributed by atoms with van der Waals surface area (Å²) in [6.07, 6.45) is 6.52. The van der Waals surface area contributed by atoms with Crippen LogP contribution in [0.4, 0.5) is 15.9 Å². The summed E-state index contributed by atoms with van der Waals surface area (Å²) in [4.78, 5) is 15.2. The first-order valence-electron chi connectivity index (χ1n) is 7.75. The van der Waals surface area contributed by atoms with Crippen LogP contribution in [0.25, 0.3) is 0 Å². The lowest BCUT2D eigenvalue weighted by Gasteiger charge is -2.26. The van der Waals surface area contributed by atoms with Crippen molar-refractivity contribution in [2.45, 2.75) is 31.7 Å². The first-order valence-corrected chi connectivity index (χ1v) is 7.75. The van der Waals surface area contributed by atoms with Crippen molar-refractivity contribution >= 4 is 17.4 Å². The molecule has 0 aliphatic heterocycles. The number of anilines is 2. The Morgan fingerprint density at radius 3 is 2.96 bits per heavy atom. The van der Waals surface area contributed by atoms with Crippen LogP contribution in [0.1, 0.15) is 42.1 Å². The van der Waals surface area contributed by atoms with Crippen molar-refractivity contribution in [1.82, 2.24) is 14.8 Å². The summed E-state index contributed by atoms with van der Waals surface area (Å²) < 4.78 is 14.8. The van der Waals surface area contributed by atoms with Crippen molar-refractivity contribution in [1.29, 1.82) is 5.26 Å². The van der Waals surface area contributed by atoms with Gasteiger partial charge in [-0.3, -0.25) is 9.48 Å². The highest BCUT2D eigenvalue weighted by Crippen LogP contribution is 2.34. The van der Waals surface area contributed by atoms with Crippen LogP contribution in [-0.2, 0) is 0 Å². The fourth-order valence-corrected chi connectivity index (χ4v) is 3.03. The lowest BCUT2D eigenvalue weighted by Crippen LogP contribution is -2.22. The van der Waals surface area contributed by atoms with E-state index in [4.69, 9.17) is 5.73 Å². The number of nitrogens with two attached hydrogens (primary N) is 1. The molecule has 1 amide bonds. The third kappa shape index (κ3) is 3.20. The quantitative estimate of drug-likeness (QED) is 0.838. The Bertz CT molecular complexity index is 796. The minimum Gasteiger partial charge on any atom is -0.365 e. The summed E-state index contributed by atoms with van der Waals surface area (Å²) in [6.45, 7) is 0. The molecule has 3 rings (SSSR count). The zero-order valence-electron chi connectivity index (χ0n) is 12.9. The predicted octanol–water partition coefficient (Wildman–Crippen LogP) is 2.51. The molecular weight excluding hydrogens is 311 g/mol. The van der Waals surface area contributed by atoms with Crippen molar-refractivity contribution in [2.75, 3.05) is 5.32 Å². The highest BCUT2D eigenvalue weighted by Gasteiger charge is 2.28. The normalized spacial score (nSPS) is 20.3. The number of hydrogen-bond donors (Lipinski definition) is 2. The summed E-state index contributed by atoms with van der Waals surface area (Å²) in [5, 5.41) is 16.6. The number of primary amides is 1. The molecule has 8 heteroatoms. The highest BCUT2D eigenvalue weighted by atomic mass is 19.1. The molecule has 0 radical (unpaired) electrons. The van der Waals surface area contributed by atoms with Crippen LogP contribution < -0.4 is 11.1 Å². The third-order valence-corrected chi connectivity index (χ3v) is 4.22. The molecule has 1 saturated carbocycles. The molecule has 2 heterocycles. The van der Waals surface area contributed by atoms with Gasteiger partial charge >= 0.3 is 0 Å². The van der Waals surface area contributed by atoms with Crippen molar-refractivity contribution in [2.24, 2.45) is 11.7 Å². The van der Waals surface area contributed by atoms with Gasteiger partial charge in [0.05, 0.1) is 18.0 Å². The Labute approximate surface area is 138 Å². The minimum absolute atomic E-state index is 0.0911. The maximum Gasteiger partial charge on any atom is 0.254 e. The fraction of sp³-hybridized carbons (Fsp3) is 0.375. The van der Waals surface area contributed by atoms with E-state index in [2.05, 4.69) is 21.5 Å². The zero-order chi connectivity index (χ0) is 17.1. The van der Waals surface area contributed by atoms with Crippen molar-refractivity contribution in [3.63, 3.8) is 0 Å². The van der Waals surface area contributed by atoms with E-state index >= 15 is 0 Å². The average molecular weight is 328 g/mol. The number of rotatable bonds is 4. The van der Waals surface area contributed by atoms with Gasteiger partial charge in [0.2, 0.25) is 5.95 Å². The van der Waals surface area contributed by atoms with Crippen LogP contribution in [0, 0.1) is 23.2 Å². The van der Waals surface area contributed by atoms with Crippen molar-refractivity contribution in [3.05, 3.63) is 36.0 Å². The average Bonchev–Trinajstić information content (AvgIpc) is 2.98. The lowest BCUT2D eigenvalue weighted by atomic mass is 9.85. The van der Waals surface area contributed by atoms with E-state index in [9.17, 15) is 14.4 Å². The smallest absolute Gasteiger partial charge is 0.254 e. The second-order valence-electron chi connectivity index (χ2n) is 5.82. The predicted molar refractivity (Wildman–Crippen MR) is 84.8 cm³/mol. The highest BCUT2D eigenvalue weighted by molar-refractivity contribution is 5.98. The molecule has 2 aromatic rings. The summed E-state index contributed by atoms with van der Waals surface area (Å²) in [5.74, 6) is -1.18. The molecule has 124 valence electrons. The molecule has 2 atom stereocenters. The Kier molecular flexibility index (Phi) is 4.42. The van der Waals surface area contributed by atoms with E-state index in [0.717, 1.165) is 25.7 Å². The summed E-state index contributed by atoms with van der Waals surface area (Å²) in [6, 6.07) is 4.98. The second kappa shape index (κ2) is 6.66. The number of nitriles is 1. The van der Waals surface area contributed by atoms with Crippen molar-refractivity contribution in [3.8, 4) is 6.07 Å². The number of nitrogens with one attached hydrogen (secondary N) is 1. The fourth-order valence-electron chi connectivity index (χ4n) is 3.03. The first-order chi connectivity index (χ1) is 11.6. The van der Waals surface area contributed by atoms with Gasteiger partial charge in [0.15, 0.2) is 5.82 Å². The minimum atomic E-state index is -0.642. The maximum atomic E-state index is 13.2. The van der Waals surface area contributed by atoms with Crippen LogP contribution in [0.5, 0.6) is 0 Å². The third-order valence-electron chi connectivity index (χ3n) is 4.22. The largest absolute Gasteiger partial charge is 0.365 e. The van der Waals surface area contributed by atoms with Gasteiger partial charge in [0, 0.05) is 24.1 Å². The SMILES string of the molecule is N#CC1CCCCC1n1cc(C(N)=O)c(Nc2ccnc(F)c2)n1. The Morgan fingerprint density at radius 2 is 2.25 bits per heavy atom. The van der Waals surface area contributed by atoms with E-state index in [1.807, 2.05) is 0 Å². The zero-order valence-corrected chi connectivity index (χ0v) is 12.9. The van der Waals surface area contributed by atoms with Gasteiger partial charge in [-0.1, -0.05) is 12.8 Å². The molecule has 0 bridgehead atoms. The van der Waals surface area contributed by atoms with Crippen LogP contribution in [0.2, 0.25) is 0 Å². The maximum absolute atomic E-state index is 13.2. The Morgan fingerprint density at radius 1 is 1.46 bits per heavy atom. The van der Waals surface area contributed by atoms with E-state index in [0.29, 0.717) is 5.69 Å². The molecule has 2 unspecified atom stereocenters. The van der Waals surface area contributed by atoms with Crippen LogP contribution in [0.3, 0.4) is 0 Å². The monoisotopic (exact) mass is 328 g/mol. The molecule has 0 aromatic carbocycles. The molecule has 7 nitrogen and oxygen atoms in total. The summed E-state index contributed by atoms with van der Waals surface area (Å²) >= 11 is 0. The molecule has 3 N–H and O–H groups in total. The van der Waals surface area contributed by atoms with Gasteiger partial charge in [0.25, 0.3) is 5.91 Å². The lowest BCUT2D eigenvalue weighted by molar-refractivity contribution is 0.100. The van der Waals surface area contributed by atoms with Crippen LogP contribution in [0.15, 0.2) is 24.5 Å². The molecule has 1 aliphatic rings. The summed E-state index contributed by atoms with van der Waals surface area (Å²) in [5.41, 5.74) is 6.04. The number of carbonyl (C=O) groups excluding carboxylic acids is 1. The Hall–Kier alpha value is -2.95. The number of pyridine rings is 1. The number of nitrogens with zero attached hydrogens (tertiary/aromatic N) is 4. The molecular formula is C16H17FN6O. The van der Waals surface area contributed by atoms with Crippen LogP contribution >= 0.6 is 0 Å². The number of aromatic nitrogens is 3. The van der Waals surface area contributed by atoms with Gasteiger partial charge < -0.3 is 11.1 Å². The molecule has 1 aliphatic carbocycles. The molecule has 0 spiro atoms. The molecule has 0 saturated heterocycles. The van der Waals surface area contributed by atoms with Gasteiger partial charge in [-0.15, -0.1) is 0 Å². The number of halogens is 1.